The van der Waals surface area contributed by atoms with Crippen molar-refractivity contribution in [2.75, 3.05) is 13.1 Å². The number of aryl methyl sites for hydroxylation is 1. The molecule has 2 aromatic heterocycles. The number of nitrogens with zero attached hydrogens (tertiary/aromatic N) is 3. The van der Waals surface area contributed by atoms with Gasteiger partial charge in [0.1, 0.15) is 0 Å². The Morgan fingerprint density at radius 2 is 1.96 bits per heavy atom. The quantitative estimate of drug-likeness (QED) is 0.537. The monoisotopic (exact) mass is 420 g/mol. The fourth-order valence-electron chi connectivity index (χ4n) is 2.79. The molecule has 6 nitrogen and oxygen atoms in total. The Bertz CT molecular complexity index is 824. The predicted molar refractivity (Wildman–Crippen MR) is 113 cm³/mol. The normalized spacial score (nSPS) is 10.5. The van der Waals surface area contributed by atoms with Gasteiger partial charge in [0.05, 0.1) is 4.88 Å². The molecule has 1 aromatic carbocycles. The van der Waals surface area contributed by atoms with Crippen molar-refractivity contribution >= 4 is 29.7 Å². The van der Waals surface area contributed by atoms with E-state index in [-0.39, 0.29) is 18.3 Å². The van der Waals surface area contributed by atoms with E-state index < -0.39 is 0 Å². The van der Waals surface area contributed by atoms with Crippen molar-refractivity contribution in [1.29, 1.82) is 0 Å². The number of benzene rings is 1. The molecule has 8 heteroatoms. The Labute approximate surface area is 175 Å². The number of thiophene rings is 1. The molecule has 0 unspecified atom stereocenters. The average molecular weight is 421 g/mol. The molecule has 3 rings (SSSR count). The predicted octanol–water partition coefficient (Wildman–Crippen LogP) is 3.92. The number of halogens is 1. The van der Waals surface area contributed by atoms with Gasteiger partial charge in [0.2, 0.25) is 17.6 Å². The van der Waals surface area contributed by atoms with Crippen molar-refractivity contribution in [2.24, 2.45) is 5.73 Å². The largest absolute Gasteiger partial charge is 0.339 e. The number of nitrogens with two attached hydrogens (primary N) is 1. The number of rotatable bonds is 10. The molecule has 0 aliphatic heterocycles. The lowest BCUT2D eigenvalue weighted by molar-refractivity contribution is -0.132. The minimum atomic E-state index is 0. The Balaban J connectivity index is 0.00000280. The van der Waals surface area contributed by atoms with Gasteiger partial charge in [0, 0.05) is 25.9 Å². The molecule has 0 bridgehead atoms. The molecule has 0 atom stereocenters. The molecule has 0 aliphatic carbocycles. The van der Waals surface area contributed by atoms with E-state index in [4.69, 9.17) is 10.3 Å². The second-order valence-corrected chi connectivity index (χ2v) is 7.23. The number of amides is 1. The van der Waals surface area contributed by atoms with Gasteiger partial charge in [0.15, 0.2) is 0 Å². The van der Waals surface area contributed by atoms with Crippen LogP contribution in [-0.2, 0) is 17.8 Å². The molecule has 0 saturated carbocycles. The zero-order valence-electron chi connectivity index (χ0n) is 15.6. The fraction of sp³-hybridized carbons (Fsp3) is 0.350. The lowest BCUT2D eigenvalue weighted by Gasteiger charge is -2.22. The van der Waals surface area contributed by atoms with Gasteiger partial charge in [0.25, 0.3) is 0 Å². The maximum atomic E-state index is 12.7. The minimum Gasteiger partial charge on any atom is -0.339 e. The summed E-state index contributed by atoms with van der Waals surface area (Å²) in [4.78, 5) is 19.9. The molecule has 150 valence electrons. The number of hydrogen-bond donors (Lipinski definition) is 1. The molecule has 2 N–H and O–H groups in total. The molecule has 0 fully saturated rings. The van der Waals surface area contributed by atoms with Crippen LogP contribution < -0.4 is 5.73 Å². The number of aromatic nitrogens is 2. The third kappa shape index (κ3) is 6.44. The van der Waals surface area contributed by atoms with Crippen LogP contribution in [0.1, 0.15) is 30.7 Å². The molecule has 28 heavy (non-hydrogen) atoms. The van der Waals surface area contributed by atoms with E-state index in [1.807, 2.05) is 52.7 Å². The average Bonchev–Trinajstić information content (AvgIpc) is 3.37. The first-order valence-corrected chi connectivity index (χ1v) is 10.0. The first kappa shape index (κ1) is 22.1. The summed E-state index contributed by atoms with van der Waals surface area (Å²) >= 11 is 1.57. The van der Waals surface area contributed by atoms with Crippen LogP contribution in [0.4, 0.5) is 0 Å². The topological polar surface area (TPSA) is 85.2 Å². The summed E-state index contributed by atoms with van der Waals surface area (Å²) < 4.78 is 5.30. The highest BCUT2D eigenvalue weighted by molar-refractivity contribution is 7.13. The van der Waals surface area contributed by atoms with Crippen LogP contribution in [0.2, 0.25) is 0 Å². The van der Waals surface area contributed by atoms with Crippen molar-refractivity contribution in [3.8, 4) is 10.7 Å². The smallest absolute Gasteiger partial charge is 0.226 e. The standard InChI is InChI=1S/C20H24N4O2S.ClH/c21-12-6-13-24(15-16-7-2-1-3-8-16)19(25)11-4-10-18-22-20(23-26-18)17-9-5-14-27-17;/h1-3,5,7-9,14H,4,6,10-13,15,21H2;1H. The molecule has 0 aliphatic rings. The Kier molecular flexibility index (Phi) is 9.13. The third-order valence-electron chi connectivity index (χ3n) is 4.19. The summed E-state index contributed by atoms with van der Waals surface area (Å²) in [5, 5.41) is 5.98. The summed E-state index contributed by atoms with van der Waals surface area (Å²) in [6.45, 7) is 1.86. The highest BCUT2D eigenvalue weighted by Crippen LogP contribution is 2.21. The van der Waals surface area contributed by atoms with Crippen LogP contribution in [0.25, 0.3) is 10.7 Å². The maximum Gasteiger partial charge on any atom is 0.226 e. The van der Waals surface area contributed by atoms with Crippen molar-refractivity contribution in [3.05, 3.63) is 59.3 Å². The summed E-state index contributed by atoms with van der Waals surface area (Å²) in [6.07, 6.45) is 2.53. The van der Waals surface area contributed by atoms with E-state index in [0.717, 1.165) is 16.9 Å². The second-order valence-electron chi connectivity index (χ2n) is 6.29. The van der Waals surface area contributed by atoms with Gasteiger partial charge in [-0.05, 0) is 36.4 Å². The van der Waals surface area contributed by atoms with E-state index in [1.165, 1.54) is 0 Å². The van der Waals surface area contributed by atoms with Gasteiger partial charge in [-0.15, -0.1) is 23.7 Å². The highest BCUT2D eigenvalue weighted by atomic mass is 35.5. The zero-order valence-corrected chi connectivity index (χ0v) is 17.3. The van der Waals surface area contributed by atoms with E-state index in [9.17, 15) is 4.79 Å². The first-order chi connectivity index (χ1) is 13.3. The van der Waals surface area contributed by atoms with Crippen LogP contribution in [0.3, 0.4) is 0 Å². The van der Waals surface area contributed by atoms with E-state index in [0.29, 0.717) is 50.6 Å². The van der Waals surface area contributed by atoms with Crippen molar-refractivity contribution < 1.29 is 9.32 Å². The molecule has 1 amide bonds. The molecular formula is C20H25ClN4O2S. The van der Waals surface area contributed by atoms with Crippen molar-refractivity contribution in [3.63, 3.8) is 0 Å². The molecule has 0 saturated heterocycles. The van der Waals surface area contributed by atoms with E-state index >= 15 is 0 Å². The summed E-state index contributed by atoms with van der Waals surface area (Å²) in [7, 11) is 0. The summed E-state index contributed by atoms with van der Waals surface area (Å²) in [6, 6.07) is 13.9. The number of carbonyl (C=O) groups excluding carboxylic acids is 1. The first-order valence-electron chi connectivity index (χ1n) is 9.14. The van der Waals surface area contributed by atoms with Gasteiger partial charge >= 0.3 is 0 Å². The van der Waals surface area contributed by atoms with Crippen molar-refractivity contribution in [1.82, 2.24) is 15.0 Å². The lowest BCUT2D eigenvalue weighted by atomic mass is 10.1. The molecule has 3 aromatic rings. The third-order valence-corrected chi connectivity index (χ3v) is 5.06. The Morgan fingerprint density at radius 3 is 2.68 bits per heavy atom. The van der Waals surface area contributed by atoms with Crippen LogP contribution in [0.15, 0.2) is 52.4 Å². The maximum absolute atomic E-state index is 12.7. The van der Waals surface area contributed by atoms with Crippen LogP contribution in [-0.4, -0.2) is 34.0 Å². The Morgan fingerprint density at radius 1 is 1.14 bits per heavy atom. The second kappa shape index (κ2) is 11.6. The van der Waals surface area contributed by atoms with Crippen molar-refractivity contribution in [2.45, 2.75) is 32.2 Å². The molecule has 0 spiro atoms. The minimum absolute atomic E-state index is 0. The highest BCUT2D eigenvalue weighted by Gasteiger charge is 2.15. The van der Waals surface area contributed by atoms with Gasteiger partial charge in [-0.1, -0.05) is 41.6 Å². The Hall–Kier alpha value is -2.22. The molecule has 2 heterocycles. The summed E-state index contributed by atoms with van der Waals surface area (Å²) in [5.74, 6) is 1.31. The SMILES string of the molecule is Cl.NCCCN(Cc1ccccc1)C(=O)CCCc1nc(-c2cccs2)no1. The lowest BCUT2D eigenvalue weighted by Crippen LogP contribution is -2.32. The van der Waals surface area contributed by atoms with Crippen LogP contribution >= 0.6 is 23.7 Å². The van der Waals surface area contributed by atoms with E-state index in [2.05, 4.69) is 10.1 Å². The fourth-order valence-corrected chi connectivity index (χ4v) is 3.44. The van der Waals surface area contributed by atoms with Gasteiger partial charge in [-0.2, -0.15) is 4.98 Å². The van der Waals surface area contributed by atoms with Gasteiger partial charge in [-0.3, -0.25) is 4.79 Å². The molecule has 0 radical (unpaired) electrons. The number of carbonyl (C=O) groups is 1. The molecular weight excluding hydrogens is 396 g/mol. The zero-order chi connectivity index (χ0) is 18.9. The van der Waals surface area contributed by atoms with Crippen LogP contribution in [0.5, 0.6) is 0 Å². The van der Waals surface area contributed by atoms with E-state index in [1.54, 1.807) is 11.3 Å². The number of hydrogen-bond acceptors (Lipinski definition) is 6. The van der Waals surface area contributed by atoms with Crippen LogP contribution in [0, 0.1) is 0 Å². The van der Waals surface area contributed by atoms with Gasteiger partial charge < -0.3 is 15.2 Å². The summed E-state index contributed by atoms with van der Waals surface area (Å²) in [5.41, 5.74) is 6.75. The van der Waals surface area contributed by atoms with Gasteiger partial charge in [-0.25, -0.2) is 0 Å².